The molecule has 2 aromatic carbocycles. The first-order valence-corrected chi connectivity index (χ1v) is 9.21. The Bertz CT molecular complexity index is 894. The van der Waals surface area contributed by atoms with Crippen LogP contribution in [0.1, 0.15) is 18.1 Å². The molecule has 1 unspecified atom stereocenters. The maximum atomic E-state index is 13.4. The molecular formula is C20H16BrF3O4. The van der Waals surface area contributed by atoms with Gasteiger partial charge in [0.2, 0.25) is 6.10 Å². The fourth-order valence-corrected chi connectivity index (χ4v) is 3.11. The van der Waals surface area contributed by atoms with Crippen molar-refractivity contribution in [1.82, 2.24) is 0 Å². The number of hydrogen-bond acceptors (Lipinski definition) is 4. The normalized spacial score (nSPS) is 15.9. The van der Waals surface area contributed by atoms with Gasteiger partial charge in [-0.2, -0.15) is 13.2 Å². The molecule has 1 atom stereocenters. The number of alkyl halides is 3. The van der Waals surface area contributed by atoms with Gasteiger partial charge in [-0.25, -0.2) is 4.79 Å². The van der Waals surface area contributed by atoms with Crippen molar-refractivity contribution in [3.63, 3.8) is 0 Å². The topological polar surface area (TPSA) is 44.8 Å². The Morgan fingerprint density at radius 1 is 1.21 bits per heavy atom. The van der Waals surface area contributed by atoms with Crippen molar-refractivity contribution in [3.05, 3.63) is 63.6 Å². The lowest BCUT2D eigenvalue weighted by Crippen LogP contribution is -2.40. The maximum absolute atomic E-state index is 13.4. The Labute approximate surface area is 168 Å². The second-order valence-electron chi connectivity index (χ2n) is 5.95. The summed E-state index contributed by atoms with van der Waals surface area (Å²) < 4.78 is 56.1. The summed E-state index contributed by atoms with van der Waals surface area (Å²) in [6.07, 6.45) is -6.01. The van der Waals surface area contributed by atoms with E-state index in [-0.39, 0.29) is 19.0 Å². The van der Waals surface area contributed by atoms with Crippen LogP contribution < -0.4 is 9.47 Å². The summed E-state index contributed by atoms with van der Waals surface area (Å²) in [5.41, 5.74) is 0.635. The summed E-state index contributed by atoms with van der Waals surface area (Å²) in [7, 11) is 0. The van der Waals surface area contributed by atoms with E-state index in [9.17, 15) is 18.0 Å². The third-order valence-corrected chi connectivity index (χ3v) is 4.57. The fourth-order valence-electron chi connectivity index (χ4n) is 2.67. The Kier molecular flexibility index (Phi) is 5.98. The van der Waals surface area contributed by atoms with Crippen molar-refractivity contribution in [2.45, 2.75) is 25.8 Å². The van der Waals surface area contributed by atoms with E-state index in [0.717, 1.165) is 11.6 Å². The largest absolute Gasteiger partial charge is 0.488 e. The third-order valence-electron chi connectivity index (χ3n) is 3.95. The summed E-state index contributed by atoms with van der Waals surface area (Å²) in [5, 5.41) is 0. The minimum atomic E-state index is -4.76. The standard InChI is InChI=1S/C20H16BrF3O4/c1-2-26-19(25)14-8-13-9-17(27-11-12-6-4-3-5-7-12)15(21)10-16(13)28-18(14)20(22,23)24/h3-10,18H,2,11H2,1H3. The van der Waals surface area contributed by atoms with E-state index in [1.807, 2.05) is 30.3 Å². The zero-order valence-electron chi connectivity index (χ0n) is 14.8. The first kappa shape index (κ1) is 20.3. The van der Waals surface area contributed by atoms with E-state index in [1.54, 1.807) is 0 Å². The van der Waals surface area contributed by atoms with E-state index in [1.165, 1.54) is 19.1 Å². The molecule has 28 heavy (non-hydrogen) atoms. The highest BCUT2D eigenvalue weighted by Gasteiger charge is 2.48. The zero-order valence-corrected chi connectivity index (χ0v) is 16.3. The van der Waals surface area contributed by atoms with Crippen LogP contribution in [0.5, 0.6) is 11.5 Å². The minimum Gasteiger partial charge on any atom is -0.488 e. The number of benzene rings is 2. The van der Waals surface area contributed by atoms with Crippen molar-refractivity contribution < 1.29 is 32.2 Å². The Morgan fingerprint density at radius 3 is 2.57 bits per heavy atom. The molecular weight excluding hydrogens is 441 g/mol. The van der Waals surface area contributed by atoms with Crippen LogP contribution in [0, 0.1) is 0 Å². The molecule has 0 radical (unpaired) electrons. The van der Waals surface area contributed by atoms with Gasteiger partial charge >= 0.3 is 12.1 Å². The SMILES string of the molecule is CCOC(=O)C1=Cc2cc(OCc3ccccc3)c(Br)cc2OC1C(F)(F)F. The molecule has 1 aliphatic heterocycles. The molecule has 3 rings (SSSR count). The van der Waals surface area contributed by atoms with E-state index in [4.69, 9.17) is 14.2 Å². The van der Waals surface area contributed by atoms with Gasteiger partial charge in [-0.15, -0.1) is 0 Å². The highest BCUT2D eigenvalue weighted by atomic mass is 79.9. The van der Waals surface area contributed by atoms with Crippen molar-refractivity contribution in [2.24, 2.45) is 0 Å². The second-order valence-corrected chi connectivity index (χ2v) is 6.81. The molecule has 4 nitrogen and oxygen atoms in total. The number of halogens is 4. The smallest absolute Gasteiger partial charge is 0.430 e. The van der Waals surface area contributed by atoms with Crippen molar-refractivity contribution in [2.75, 3.05) is 6.61 Å². The van der Waals surface area contributed by atoms with Crippen LogP contribution in [0.25, 0.3) is 6.08 Å². The average molecular weight is 457 g/mol. The summed E-state index contributed by atoms with van der Waals surface area (Å²) in [6, 6.07) is 12.3. The van der Waals surface area contributed by atoms with Gasteiger partial charge in [-0.3, -0.25) is 0 Å². The first-order valence-electron chi connectivity index (χ1n) is 8.42. The Morgan fingerprint density at radius 2 is 1.93 bits per heavy atom. The van der Waals surface area contributed by atoms with Crippen molar-refractivity contribution >= 4 is 28.0 Å². The van der Waals surface area contributed by atoms with E-state index < -0.39 is 23.8 Å². The molecule has 0 amide bonds. The Hall–Kier alpha value is -2.48. The molecule has 148 valence electrons. The predicted molar refractivity (Wildman–Crippen MR) is 100.0 cm³/mol. The van der Waals surface area contributed by atoms with Crippen LogP contribution in [-0.2, 0) is 16.1 Å². The second kappa shape index (κ2) is 8.26. The molecule has 1 aliphatic rings. The predicted octanol–water partition coefficient (Wildman–Crippen LogP) is 5.30. The monoisotopic (exact) mass is 456 g/mol. The zero-order chi connectivity index (χ0) is 20.3. The number of esters is 1. The summed E-state index contributed by atoms with van der Waals surface area (Å²) in [5.74, 6) is -0.657. The third kappa shape index (κ3) is 4.49. The van der Waals surface area contributed by atoms with E-state index in [2.05, 4.69) is 15.9 Å². The van der Waals surface area contributed by atoms with Crippen molar-refractivity contribution in [1.29, 1.82) is 0 Å². The van der Waals surface area contributed by atoms with Crippen molar-refractivity contribution in [3.8, 4) is 11.5 Å². The van der Waals surface area contributed by atoms with Gasteiger partial charge in [0.1, 0.15) is 18.1 Å². The molecule has 0 saturated heterocycles. The maximum Gasteiger partial charge on any atom is 0.430 e. The van der Waals surface area contributed by atoms with Gasteiger partial charge in [0.15, 0.2) is 0 Å². The van der Waals surface area contributed by atoms with Crippen LogP contribution >= 0.6 is 15.9 Å². The van der Waals surface area contributed by atoms with Gasteiger partial charge in [-0.05, 0) is 46.6 Å². The molecule has 0 saturated carbocycles. The number of fused-ring (bicyclic) bond motifs is 1. The number of rotatable bonds is 5. The highest BCUT2D eigenvalue weighted by Crippen LogP contribution is 2.41. The van der Waals surface area contributed by atoms with Crippen LogP contribution in [0.4, 0.5) is 13.2 Å². The molecule has 0 bridgehead atoms. The van der Waals surface area contributed by atoms with Crippen LogP contribution in [0.2, 0.25) is 0 Å². The lowest BCUT2D eigenvalue weighted by molar-refractivity contribution is -0.187. The van der Waals surface area contributed by atoms with Gasteiger partial charge in [0.25, 0.3) is 0 Å². The molecule has 8 heteroatoms. The quantitative estimate of drug-likeness (QED) is 0.572. The minimum absolute atomic E-state index is 0.00527. The van der Waals surface area contributed by atoms with E-state index >= 15 is 0 Å². The fraction of sp³-hybridized carbons (Fsp3) is 0.250. The lowest BCUT2D eigenvalue weighted by Gasteiger charge is -2.28. The number of hydrogen-bond donors (Lipinski definition) is 0. The summed E-state index contributed by atoms with van der Waals surface area (Å²) in [4.78, 5) is 12.0. The first-order chi connectivity index (χ1) is 13.3. The number of carbonyl (C=O) groups excluding carboxylic acids is 1. The average Bonchev–Trinajstić information content (AvgIpc) is 2.65. The molecule has 0 spiro atoms. The summed E-state index contributed by atoms with van der Waals surface area (Å²) >= 11 is 3.29. The molecule has 0 fully saturated rings. The van der Waals surface area contributed by atoms with Gasteiger partial charge in [0, 0.05) is 5.56 Å². The molecule has 0 aliphatic carbocycles. The molecule has 0 aromatic heterocycles. The Balaban J connectivity index is 1.92. The van der Waals surface area contributed by atoms with Crippen LogP contribution in [-0.4, -0.2) is 24.9 Å². The highest BCUT2D eigenvalue weighted by molar-refractivity contribution is 9.10. The molecule has 2 aromatic rings. The van der Waals surface area contributed by atoms with Crippen LogP contribution in [0.3, 0.4) is 0 Å². The van der Waals surface area contributed by atoms with Crippen LogP contribution in [0.15, 0.2) is 52.5 Å². The van der Waals surface area contributed by atoms with Gasteiger partial charge < -0.3 is 14.2 Å². The molecule has 0 N–H and O–H groups in total. The van der Waals surface area contributed by atoms with E-state index in [0.29, 0.717) is 15.8 Å². The number of ether oxygens (including phenoxy) is 3. The van der Waals surface area contributed by atoms with Gasteiger partial charge in [-0.1, -0.05) is 30.3 Å². The summed E-state index contributed by atoms with van der Waals surface area (Å²) in [6.45, 7) is 1.75. The molecule has 1 heterocycles. The number of carbonyl (C=O) groups is 1. The lowest BCUT2D eigenvalue weighted by atomic mass is 10.0. The van der Waals surface area contributed by atoms with Gasteiger partial charge in [0.05, 0.1) is 16.7 Å².